The van der Waals surface area contributed by atoms with E-state index in [4.69, 9.17) is 4.74 Å². The second kappa shape index (κ2) is 9.68. The number of methoxy groups -OCH3 is 1. The van der Waals surface area contributed by atoms with E-state index >= 15 is 0 Å². The molecule has 1 aliphatic heterocycles. The van der Waals surface area contributed by atoms with Gasteiger partial charge in [0.15, 0.2) is 0 Å². The molecule has 0 bridgehead atoms. The van der Waals surface area contributed by atoms with Gasteiger partial charge in [-0.25, -0.2) is 9.97 Å². The van der Waals surface area contributed by atoms with E-state index in [-0.39, 0.29) is 5.91 Å². The van der Waals surface area contributed by atoms with E-state index in [1.807, 2.05) is 24.5 Å². The molecule has 0 unspecified atom stereocenters. The van der Waals surface area contributed by atoms with Gasteiger partial charge in [0.1, 0.15) is 11.6 Å². The number of rotatable bonds is 8. The topological polar surface area (TPSA) is 72.3 Å². The van der Waals surface area contributed by atoms with Crippen LogP contribution in [-0.2, 0) is 11.3 Å². The highest BCUT2D eigenvalue weighted by molar-refractivity contribution is 5.94. The zero-order chi connectivity index (χ0) is 19.9. The minimum atomic E-state index is -0.0770. The van der Waals surface area contributed by atoms with Crippen LogP contribution in [0.5, 0.6) is 0 Å². The quantitative estimate of drug-likeness (QED) is 0.708. The van der Waals surface area contributed by atoms with Crippen LogP contribution in [0.25, 0.3) is 0 Å². The summed E-state index contributed by atoms with van der Waals surface area (Å²) in [6.07, 6.45) is 8.72. The fourth-order valence-corrected chi connectivity index (χ4v) is 3.59. The highest BCUT2D eigenvalue weighted by Crippen LogP contribution is 2.19. The third-order valence-corrected chi connectivity index (χ3v) is 5.23. The number of nitrogens with one attached hydrogen (secondary N) is 1. The lowest BCUT2D eigenvalue weighted by Crippen LogP contribution is -2.37. The van der Waals surface area contributed by atoms with Crippen LogP contribution in [0.3, 0.4) is 0 Å². The van der Waals surface area contributed by atoms with Gasteiger partial charge in [0.25, 0.3) is 5.91 Å². The van der Waals surface area contributed by atoms with Crippen molar-refractivity contribution in [2.75, 3.05) is 31.6 Å². The lowest BCUT2D eigenvalue weighted by Gasteiger charge is -2.32. The smallest absolute Gasteiger partial charge is 0.252 e. The molecule has 1 N–H and O–H groups in total. The van der Waals surface area contributed by atoms with Crippen LogP contribution in [-0.4, -0.2) is 53.3 Å². The van der Waals surface area contributed by atoms with E-state index < -0.39 is 0 Å². The molecule has 28 heavy (non-hydrogen) atoms. The molecule has 0 aliphatic carbocycles. The van der Waals surface area contributed by atoms with Gasteiger partial charge in [-0.15, -0.1) is 0 Å². The minimum Gasteiger partial charge on any atom is -0.381 e. The Hall–Kier alpha value is -2.41. The zero-order valence-corrected chi connectivity index (χ0v) is 17.1. The maximum atomic E-state index is 12.4. The number of imidazole rings is 1. The number of amides is 1. The monoisotopic (exact) mass is 385 g/mol. The molecule has 0 atom stereocenters. The SMILES string of the molecule is COC1CCN(c2ccc(C(=O)NCCCn3ccnc3C(C)C)cn2)CC1. The molecule has 152 valence electrons. The number of aromatic nitrogens is 3. The van der Waals surface area contributed by atoms with Gasteiger partial charge in [-0.1, -0.05) is 13.8 Å². The Labute approximate surface area is 167 Å². The highest BCUT2D eigenvalue weighted by atomic mass is 16.5. The van der Waals surface area contributed by atoms with Crippen molar-refractivity contribution in [2.45, 2.75) is 51.7 Å². The van der Waals surface area contributed by atoms with E-state index in [1.165, 1.54) is 0 Å². The van der Waals surface area contributed by atoms with Crippen molar-refractivity contribution in [1.82, 2.24) is 19.9 Å². The predicted molar refractivity (Wildman–Crippen MR) is 110 cm³/mol. The van der Waals surface area contributed by atoms with E-state index in [0.29, 0.717) is 24.1 Å². The number of nitrogens with zero attached hydrogens (tertiary/aromatic N) is 4. The first-order chi connectivity index (χ1) is 13.6. The Morgan fingerprint density at radius 2 is 2.07 bits per heavy atom. The molecule has 2 aromatic heterocycles. The van der Waals surface area contributed by atoms with Crippen molar-refractivity contribution in [3.8, 4) is 0 Å². The minimum absolute atomic E-state index is 0.0770. The fourth-order valence-electron chi connectivity index (χ4n) is 3.59. The number of anilines is 1. The third-order valence-electron chi connectivity index (χ3n) is 5.23. The molecule has 0 saturated carbocycles. The molecule has 1 amide bonds. The molecule has 7 heteroatoms. The summed E-state index contributed by atoms with van der Waals surface area (Å²) in [6, 6.07) is 3.79. The van der Waals surface area contributed by atoms with E-state index in [9.17, 15) is 4.79 Å². The molecule has 0 radical (unpaired) electrons. The van der Waals surface area contributed by atoms with Crippen molar-refractivity contribution in [3.05, 3.63) is 42.1 Å². The second-order valence-corrected chi connectivity index (χ2v) is 7.57. The number of carbonyl (C=O) groups is 1. The maximum absolute atomic E-state index is 12.4. The number of aryl methyl sites for hydroxylation is 1. The first-order valence-corrected chi connectivity index (χ1v) is 10.1. The molecule has 2 aromatic rings. The normalized spacial score (nSPS) is 15.2. The van der Waals surface area contributed by atoms with Gasteiger partial charge in [0.05, 0.1) is 11.7 Å². The van der Waals surface area contributed by atoms with Crippen molar-refractivity contribution >= 4 is 11.7 Å². The van der Waals surface area contributed by atoms with Gasteiger partial charge in [0, 0.05) is 57.8 Å². The Morgan fingerprint density at radius 1 is 1.29 bits per heavy atom. The number of piperidine rings is 1. The lowest BCUT2D eigenvalue weighted by atomic mass is 10.1. The second-order valence-electron chi connectivity index (χ2n) is 7.57. The summed E-state index contributed by atoms with van der Waals surface area (Å²) in [5.41, 5.74) is 0.598. The zero-order valence-electron chi connectivity index (χ0n) is 17.1. The number of pyridine rings is 1. The van der Waals surface area contributed by atoms with Crippen LogP contribution in [0.2, 0.25) is 0 Å². The van der Waals surface area contributed by atoms with Gasteiger partial charge in [-0.2, -0.15) is 0 Å². The number of ether oxygens (including phenoxy) is 1. The van der Waals surface area contributed by atoms with Crippen molar-refractivity contribution in [2.24, 2.45) is 0 Å². The van der Waals surface area contributed by atoms with Gasteiger partial charge in [-0.3, -0.25) is 4.79 Å². The van der Waals surface area contributed by atoms with E-state index in [0.717, 1.165) is 50.5 Å². The summed E-state index contributed by atoms with van der Waals surface area (Å²) >= 11 is 0. The third kappa shape index (κ3) is 5.10. The molecule has 0 spiro atoms. The van der Waals surface area contributed by atoms with E-state index in [2.05, 4.69) is 38.6 Å². The van der Waals surface area contributed by atoms with Crippen LogP contribution in [0.1, 0.15) is 55.2 Å². The summed E-state index contributed by atoms with van der Waals surface area (Å²) in [7, 11) is 1.77. The standard InChI is InChI=1S/C21H31N5O2/c1-16(2)20-22-10-14-26(20)11-4-9-23-21(27)17-5-6-19(24-15-17)25-12-7-18(28-3)8-13-25/h5-6,10,14-16,18H,4,7-9,11-13H2,1-3H3,(H,23,27). The van der Waals surface area contributed by atoms with Crippen molar-refractivity contribution < 1.29 is 9.53 Å². The Bertz CT molecular complexity index is 748. The molecule has 7 nitrogen and oxygen atoms in total. The molecule has 1 saturated heterocycles. The highest BCUT2D eigenvalue weighted by Gasteiger charge is 2.19. The van der Waals surface area contributed by atoms with Crippen LogP contribution in [0, 0.1) is 0 Å². The fraction of sp³-hybridized carbons (Fsp3) is 0.571. The van der Waals surface area contributed by atoms with E-state index in [1.54, 1.807) is 13.3 Å². The summed E-state index contributed by atoms with van der Waals surface area (Å²) in [4.78, 5) is 23.5. The Morgan fingerprint density at radius 3 is 2.71 bits per heavy atom. The summed E-state index contributed by atoms with van der Waals surface area (Å²) < 4.78 is 7.56. The summed E-state index contributed by atoms with van der Waals surface area (Å²) in [5, 5.41) is 2.98. The predicted octanol–water partition coefficient (Wildman–Crippen LogP) is 2.84. The van der Waals surface area contributed by atoms with Gasteiger partial charge < -0.3 is 19.5 Å². The van der Waals surface area contributed by atoms with Crippen molar-refractivity contribution in [1.29, 1.82) is 0 Å². The van der Waals surface area contributed by atoms with Crippen LogP contribution >= 0.6 is 0 Å². The molecule has 3 rings (SSSR count). The Kier molecular flexibility index (Phi) is 7.03. The van der Waals surface area contributed by atoms with Gasteiger partial charge >= 0.3 is 0 Å². The average Bonchev–Trinajstić information content (AvgIpc) is 3.20. The number of hydrogen-bond acceptors (Lipinski definition) is 5. The summed E-state index contributed by atoms with van der Waals surface area (Å²) in [6.45, 7) is 7.62. The Balaban J connectivity index is 1.44. The number of carbonyl (C=O) groups excluding carboxylic acids is 1. The lowest BCUT2D eigenvalue weighted by molar-refractivity contribution is 0.0818. The van der Waals surface area contributed by atoms with Crippen LogP contribution in [0.4, 0.5) is 5.82 Å². The van der Waals surface area contributed by atoms with Gasteiger partial charge in [-0.05, 0) is 31.4 Å². The molecule has 3 heterocycles. The van der Waals surface area contributed by atoms with Crippen molar-refractivity contribution in [3.63, 3.8) is 0 Å². The first kappa shape index (κ1) is 20.3. The first-order valence-electron chi connectivity index (χ1n) is 10.1. The molecular weight excluding hydrogens is 354 g/mol. The number of hydrogen-bond donors (Lipinski definition) is 1. The largest absolute Gasteiger partial charge is 0.381 e. The van der Waals surface area contributed by atoms with Gasteiger partial charge in [0.2, 0.25) is 0 Å². The molecule has 1 fully saturated rings. The van der Waals surface area contributed by atoms with Crippen LogP contribution < -0.4 is 10.2 Å². The molecule has 1 aliphatic rings. The molecule has 0 aromatic carbocycles. The van der Waals surface area contributed by atoms with Crippen LogP contribution in [0.15, 0.2) is 30.7 Å². The maximum Gasteiger partial charge on any atom is 0.252 e. The average molecular weight is 386 g/mol. The summed E-state index contributed by atoms with van der Waals surface area (Å²) in [5.74, 6) is 2.33. The molecular formula is C21H31N5O2.